The quantitative estimate of drug-likeness (QED) is 0.711. The fraction of sp³-hybridized carbons (Fsp3) is 0.625. The van der Waals surface area contributed by atoms with Crippen LogP contribution >= 0.6 is 15.9 Å². The van der Waals surface area contributed by atoms with Gasteiger partial charge in [-0.05, 0) is 13.3 Å². The second-order valence-corrected chi connectivity index (χ2v) is 3.20. The monoisotopic (exact) mass is 216 g/mol. The smallest absolute Gasteiger partial charge is 0.0634 e. The Morgan fingerprint density at radius 1 is 1.64 bits per heavy atom. The SMILES string of the molecule is CCCn1cc(CBr)c(C)n1. The Kier molecular flexibility index (Phi) is 3.12. The number of halogens is 1. The summed E-state index contributed by atoms with van der Waals surface area (Å²) >= 11 is 3.42. The third-order valence-electron chi connectivity index (χ3n) is 1.64. The second kappa shape index (κ2) is 3.90. The van der Waals surface area contributed by atoms with Crippen LogP contribution in [0.5, 0.6) is 0 Å². The van der Waals surface area contributed by atoms with E-state index in [1.807, 2.05) is 11.6 Å². The second-order valence-electron chi connectivity index (χ2n) is 2.64. The zero-order valence-corrected chi connectivity index (χ0v) is 8.56. The van der Waals surface area contributed by atoms with Crippen molar-refractivity contribution in [3.8, 4) is 0 Å². The molecule has 62 valence electrons. The number of hydrogen-bond donors (Lipinski definition) is 0. The van der Waals surface area contributed by atoms with E-state index in [1.54, 1.807) is 0 Å². The third kappa shape index (κ3) is 2.06. The predicted octanol–water partition coefficient (Wildman–Crippen LogP) is 2.50. The molecular formula is C8H13BrN2. The largest absolute Gasteiger partial charge is 0.272 e. The van der Waals surface area contributed by atoms with Crippen LogP contribution in [0.15, 0.2) is 6.20 Å². The molecular weight excluding hydrogens is 204 g/mol. The first kappa shape index (κ1) is 8.78. The van der Waals surface area contributed by atoms with E-state index in [1.165, 1.54) is 5.56 Å². The van der Waals surface area contributed by atoms with Gasteiger partial charge in [-0.15, -0.1) is 0 Å². The zero-order valence-electron chi connectivity index (χ0n) is 6.97. The molecule has 0 aromatic carbocycles. The van der Waals surface area contributed by atoms with Gasteiger partial charge in [0.25, 0.3) is 0 Å². The highest BCUT2D eigenvalue weighted by Crippen LogP contribution is 2.09. The molecule has 3 heteroatoms. The predicted molar refractivity (Wildman–Crippen MR) is 49.9 cm³/mol. The molecule has 1 heterocycles. The Bertz CT molecular complexity index is 230. The standard InChI is InChI=1S/C8H13BrN2/c1-3-4-11-6-8(5-9)7(2)10-11/h6H,3-5H2,1-2H3. The van der Waals surface area contributed by atoms with Crippen molar-refractivity contribution in [2.24, 2.45) is 0 Å². The Labute approximate surface area is 75.7 Å². The molecule has 0 bridgehead atoms. The lowest BCUT2D eigenvalue weighted by molar-refractivity contribution is 0.598. The van der Waals surface area contributed by atoms with Crippen molar-refractivity contribution in [2.75, 3.05) is 0 Å². The molecule has 2 nitrogen and oxygen atoms in total. The summed E-state index contributed by atoms with van der Waals surface area (Å²) in [6, 6.07) is 0. The number of hydrogen-bond acceptors (Lipinski definition) is 1. The summed E-state index contributed by atoms with van der Waals surface area (Å²) in [7, 11) is 0. The molecule has 0 saturated heterocycles. The Balaban J connectivity index is 2.77. The fourth-order valence-electron chi connectivity index (χ4n) is 1.03. The van der Waals surface area contributed by atoms with E-state index in [4.69, 9.17) is 0 Å². The van der Waals surface area contributed by atoms with Gasteiger partial charge < -0.3 is 0 Å². The first-order valence-corrected chi connectivity index (χ1v) is 4.99. The lowest BCUT2D eigenvalue weighted by Gasteiger charge is -1.94. The van der Waals surface area contributed by atoms with Gasteiger partial charge in [0, 0.05) is 23.6 Å². The third-order valence-corrected chi connectivity index (χ3v) is 2.25. The van der Waals surface area contributed by atoms with Gasteiger partial charge in [-0.3, -0.25) is 4.68 Å². The minimum absolute atomic E-state index is 0.905. The molecule has 0 saturated carbocycles. The summed E-state index contributed by atoms with van der Waals surface area (Å²) in [6.07, 6.45) is 3.25. The van der Waals surface area contributed by atoms with Crippen molar-refractivity contribution in [2.45, 2.75) is 32.1 Å². The summed E-state index contributed by atoms with van der Waals surface area (Å²) in [5.74, 6) is 0. The fourth-order valence-corrected chi connectivity index (χ4v) is 1.58. The summed E-state index contributed by atoms with van der Waals surface area (Å²) in [6.45, 7) is 5.22. The highest BCUT2D eigenvalue weighted by Gasteiger charge is 2.01. The van der Waals surface area contributed by atoms with Gasteiger partial charge in [-0.1, -0.05) is 22.9 Å². The van der Waals surface area contributed by atoms with Gasteiger partial charge in [0.05, 0.1) is 5.69 Å². The van der Waals surface area contributed by atoms with E-state index in [0.29, 0.717) is 0 Å². The molecule has 1 aromatic rings. The van der Waals surface area contributed by atoms with Crippen molar-refractivity contribution < 1.29 is 0 Å². The highest BCUT2D eigenvalue weighted by molar-refractivity contribution is 9.08. The molecule has 0 atom stereocenters. The molecule has 0 N–H and O–H groups in total. The van der Waals surface area contributed by atoms with Crippen LogP contribution in [0.2, 0.25) is 0 Å². The van der Waals surface area contributed by atoms with Crippen LogP contribution in [0, 0.1) is 6.92 Å². The first-order chi connectivity index (χ1) is 5.27. The lowest BCUT2D eigenvalue weighted by atomic mass is 10.3. The Morgan fingerprint density at radius 3 is 2.82 bits per heavy atom. The molecule has 0 spiro atoms. The Morgan fingerprint density at radius 2 is 2.36 bits per heavy atom. The molecule has 0 aliphatic carbocycles. The molecule has 0 aliphatic rings. The van der Waals surface area contributed by atoms with E-state index in [0.717, 1.165) is 24.0 Å². The average Bonchev–Trinajstić information content (AvgIpc) is 2.32. The minimum Gasteiger partial charge on any atom is -0.272 e. The topological polar surface area (TPSA) is 17.8 Å². The summed E-state index contributed by atoms with van der Waals surface area (Å²) in [5, 5.41) is 5.26. The zero-order chi connectivity index (χ0) is 8.27. The lowest BCUT2D eigenvalue weighted by Crippen LogP contribution is -1.96. The maximum absolute atomic E-state index is 4.36. The minimum atomic E-state index is 0.905. The van der Waals surface area contributed by atoms with Crippen molar-refractivity contribution in [1.29, 1.82) is 0 Å². The van der Waals surface area contributed by atoms with Gasteiger partial charge in [0.1, 0.15) is 0 Å². The van der Waals surface area contributed by atoms with Gasteiger partial charge in [0.15, 0.2) is 0 Å². The molecule has 1 rings (SSSR count). The molecule has 11 heavy (non-hydrogen) atoms. The van der Waals surface area contributed by atoms with Gasteiger partial charge in [0.2, 0.25) is 0 Å². The van der Waals surface area contributed by atoms with Crippen LogP contribution < -0.4 is 0 Å². The van der Waals surface area contributed by atoms with E-state index in [9.17, 15) is 0 Å². The summed E-state index contributed by atoms with van der Waals surface area (Å²) in [4.78, 5) is 0. The van der Waals surface area contributed by atoms with E-state index in [2.05, 4.69) is 34.1 Å². The number of nitrogens with zero attached hydrogens (tertiary/aromatic N) is 2. The first-order valence-electron chi connectivity index (χ1n) is 3.86. The van der Waals surface area contributed by atoms with Crippen LogP contribution in [0.3, 0.4) is 0 Å². The van der Waals surface area contributed by atoms with Crippen molar-refractivity contribution in [3.05, 3.63) is 17.5 Å². The molecule has 0 unspecified atom stereocenters. The van der Waals surface area contributed by atoms with Crippen molar-refractivity contribution in [1.82, 2.24) is 9.78 Å². The number of rotatable bonds is 3. The van der Waals surface area contributed by atoms with E-state index >= 15 is 0 Å². The van der Waals surface area contributed by atoms with Gasteiger partial charge in [-0.25, -0.2) is 0 Å². The van der Waals surface area contributed by atoms with Gasteiger partial charge >= 0.3 is 0 Å². The number of aryl methyl sites for hydroxylation is 2. The van der Waals surface area contributed by atoms with Crippen molar-refractivity contribution in [3.63, 3.8) is 0 Å². The van der Waals surface area contributed by atoms with Crippen LogP contribution in [-0.2, 0) is 11.9 Å². The maximum atomic E-state index is 4.36. The Hall–Kier alpha value is -0.310. The van der Waals surface area contributed by atoms with Crippen LogP contribution in [0.25, 0.3) is 0 Å². The number of alkyl halides is 1. The number of aromatic nitrogens is 2. The molecule has 1 aromatic heterocycles. The highest BCUT2D eigenvalue weighted by atomic mass is 79.9. The van der Waals surface area contributed by atoms with Crippen LogP contribution in [0.1, 0.15) is 24.6 Å². The van der Waals surface area contributed by atoms with Crippen LogP contribution in [-0.4, -0.2) is 9.78 Å². The molecule has 0 radical (unpaired) electrons. The molecule has 0 fully saturated rings. The van der Waals surface area contributed by atoms with Gasteiger partial charge in [-0.2, -0.15) is 5.10 Å². The van der Waals surface area contributed by atoms with E-state index < -0.39 is 0 Å². The summed E-state index contributed by atoms with van der Waals surface area (Å²) < 4.78 is 2.01. The maximum Gasteiger partial charge on any atom is 0.0634 e. The molecule has 0 aliphatic heterocycles. The van der Waals surface area contributed by atoms with Crippen molar-refractivity contribution >= 4 is 15.9 Å². The summed E-state index contributed by atoms with van der Waals surface area (Å²) in [5.41, 5.74) is 2.42. The normalized spacial score (nSPS) is 10.5. The average molecular weight is 217 g/mol. The molecule has 0 amide bonds. The van der Waals surface area contributed by atoms with Crippen LogP contribution in [0.4, 0.5) is 0 Å². The van der Waals surface area contributed by atoms with E-state index in [-0.39, 0.29) is 0 Å².